The molecule has 0 aromatic rings. The molecule has 0 bridgehead atoms. The van der Waals surface area contributed by atoms with Crippen molar-refractivity contribution in [2.24, 2.45) is 11.1 Å². The molecule has 0 aliphatic carbocycles. The molecule has 1 atom stereocenters. The number of aliphatic carboxylic acids is 1. The van der Waals surface area contributed by atoms with E-state index in [0.717, 1.165) is 12.8 Å². The van der Waals surface area contributed by atoms with E-state index in [0.29, 0.717) is 13.0 Å². The van der Waals surface area contributed by atoms with Crippen LogP contribution in [0.25, 0.3) is 0 Å². The van der Waals surface area contributed by atoms with Gasteiger partial charge in [-0.25, -0.2) is 0 Å². The smallest absolute Gasteiger partial charge is 0.303 e. The molecule has 1 amide bonds. The van der Waals surface area contributed by atoms with E-state index in [1.807, 2.05) is 20.8 Å². The van der Waals surface area contributed by atoms with Crippen LogP contribution in [0.15, 0.2) is 0 Å². The van der Waals surface area contributed by atoms with Gasteiger partial charge in [0.2, 0.25) is 5.91 Å². The van der Waals surface area contributed by atoms with E-state index >= 15 is 0 Å². The predicted molar refractivity (Wildman–Crippen MR) is 66.5 cm³/mol. The number of carboxylic acid groups (broad SMARTS) is 1. The second kappa shape index (κ2) is 7.27. The number of nitrogens with one attached hydrogen (secondary N) is 1. The lowest BCUT2D eigenvalue weighted by molar-refractivity contribution is -0.137. The van der Waals surface area contributed by atoms with Crippen LogP contribution in [0.1, 0.15) is 46.5 Å². The zero-order valence-electron chi connectivity index (χ0n) is 11.0. The van der Waals surface area contributed by atoms with E-state index in [-0.39, 0.29) is 17.7 Å². The van der Waals surface area contributed by atoms with Crippen molar-refractivity contribution >= 4 is 11.9 Å². The molecule has 0 fully saturated rings. The highest BCUT2D eigenvalue weighted by atomic mass is 16.4. The summed E-state index contributed by atoms with van der Waals surface area (Å²) >= 11 is 0. The first-order valence-electron chi connectivity index (χ1n) is 6.00. The number of carbonyl (C=O) groups is 2. The van der Waals surface area contributed by atoms with Gasteiger partial charge < -0.3 is 16.2 Å². The molecule has 100 valence electrons. The Morgan fingerprint density at radius 1 is 1.24 bits per heavy atom. The molecule has 0 unspecified atom stereocenters. The molecule has 17 heavy (non-hydrogen) atoms. The van der Waals surface area contributed by atoms with Gasteiger partial charge in [0, 0.05) is 13.0 Å². The molecule has 0 aromatic heterocycles. The zero-order chi connectivity index (χ0) is 13.5. The number of nitrogens with two attached hydrogens (primary N) is 1. The topological polar surface area (TPSA) is 92.4 Å². The molecule has 5 nitrogen and oxygen atoms in total. The Morgan fingerprint density at radius 2 is 1.82 bits per heavy atom. The summed E-state index contributed by atoms with van der Waals surface area (Å²) in [5, 5.41) is 11.2. The van der Waals surface area contributed by atoms with Crippen LogP contribution in [-0.2, 0) is 9.59 Å². The van der Waals surface area contributed by atoms with Crippen molar-refractivity contribution in [3.8, 4) is 0 Å². The van der Waals surface area contributed by atoms with E-state index in [1.54, 1.807) is 0 Å². The highest BCUT2D eigenvalue weighted by molar-refractivity contribution is 5.82. The van der Waals surface area contributed by atoms with Crippen LogP contribution < -0.4 is 11.1 Å². The lowest BCUT2D eigenvalue weighted by Gasteiger charge is -2.25. The van der Waals surface area contributed by atoms with Crippen LogP contribution in [0.5, 0.6) is 0 Å². The summed E-state index contributed by atoms with van der Waals surface area (Å²) in [5.74, 6) is -0.917. The Kier molecular flexibility index (Phi) is 6.80. The Hall–Kier alpha value is -1.10. The Balaban J connectivity index is 3.62. The number of carbonyl (C=O) groups excluding carboxylic acids is 1. The average molecular weight is 244 g/mol. The summed E-state index contributed by atoms with van der Waals surface area (Å²) in [4.78, 5) is 21.9. The molecular weight excluding hydrogens is 220 g/mol. The highest BCUT2D eigenvalue weighted by Crippen LogP contribution is 2.17. The summed E-state index contributed by atoms with van der Waals surface area (Å²) in [7, 11) is 0. The monoisotopic (exact) mass is 244 g/mol. The third kappa shape index (κ3) is 7.74. The largest absolute Gasteiger partial charge is 0.481 e. The minimum absolute atomic E-state index is 0.143. The van der Waals surface area contributed by atoms with Gasteiger partial charge in [0.25, 0.3) is 0 Å². The number of carboxylic acids is 1. The van der Waals surface area contributed by atoms with Gasteiger partial charge in [-0.05, 0) is 18.3 Å². The number of rotatable bonds is 7. The average Bonchev–Trinajstić information content (AvgIpc) is 2.19. The predicted octanol–water partition coefficient (Wildman–Crippen LogP) is 1.12. The van der Waals surface area contributed by atoms with Gasteiger partial charge >= 0.3 is 5.97 Å². The lowest BCUT2D eigenvalue weighted by atomic mass is 9.87. The lowest BCUT2D eigenvalue weighted by Crippen LogP contribution is -2.48. The van der Waals surface area contributed by atoms with Gasteiger partial charge in [0.05, 0.1) is 6.04 Å². The Morgan fingerprint density at radius 3 is 2.29 bits per heavy atom. The van der Waals surface area contributed by atoms with Gasteiger partial charge in [0.15, 0.2) is 0 Å². The standard InChI is InChI=1S/C12H24N2O3/c1-12(2,3)10(13)11(17)14-8-6-4-5-7-9(15)16/h10H,4-8,13H2,1-3H3,(H,14,17)(H,15,16)/t10-/m1/s1. The first-order chi connectivity index (χ1) is 7.75. The molecule has 0 aliphatic rings. The number of unbranched alkanes of at least 4 members (excludes halogenated alkanes) is 2. The summed E-state index contributed by atoms with van der Waals surface area (Å²) in [6.07, 6.45) is 2.43. The third-order valence-corrected chi connectivity index (χ3v) is 2.58. The van der Waals surface area contributed by atoms with Crippen LogP contribution in [0.2, 0.25) is 0 Å². The molecule has 0 aliphatic heterocycles. The molecule has 0 saturated carbocycles. The van der Waals surface area contributed by atoms with Crippen molar-refractivity contribution in [3.05, 3.63) is 0 Å². The molecule has 0 rings (SSSR count). The first kappa shape index (κ1) is 15.9. The van der Waals surface area contributed by atoms with E-state index in [2.05, 4.69) is 5.32 Å². The molecule has 5 heteroatoms. The maximum atomic E-state index is 11.6. The number of hydrogen-bond acceptors (Lipinski definition) is 3. The fourth-order valence-electron chi connectivity index (χ4n) is 1.29. The summed E-state index contributed by atoms with van der Waals surface area (Å²) < 4.78 is 0. The highest BCUT2D eigenvalue weighted by Gasteiger charge is 2.26. The van der Waals surface area contributed by atoms with E-state index in [4.69, 9.17) is 10.8 Å². The van der Waals surface area contributed by atoms with Crippen molar-refractivity contribution in [1.82, 2.24) is 5.32 Å². The third-order valence-electron chi connectivity index (χ3n) is 2.58. The van der Waals surface area contributed by atoms with Crippen LogP contribution in [0.4, 0.5) is 0 Å². The molecule has 4 N–H and O–H groups in total. The van der Waals surface area contributed by atoms with Crippen molar-refractivity contribution in [1.29, 1.82) is 0 Å². The fourth-order valence-corrected chi connectivity index (χ4v) is 1.29. The van der Waals surface area contributed by atoms with Crippen molar-refractivity contribution in [2.75, 3.05) is 6.54 Å². The van der Waals surface area contributed by atoms with Crippen LogP contribution >= 0.6 is 0 Å². The van der Waals surface area contributed by atoms with Gasteiger partial charge in [-0.1, -0.05) is 27.2 Å². The normalized spacial score (nSPS) is 13.2. The van der Waals surface area contributed by atoms with E-state index in [1.165, 1.54) is 0 Å². The summed E-state index contributed by atoms with van der Waals surface area (Å²) in [5.41, 5.74) is 5.54. The van der Waals surface area contributed by atoms with Crippen LogP contribution in [0, 0.1) is 5.41 Å². The molecule has 0 aromatic carbocycles. The zero-order valence-corrected chi connectivity index (χ0v) is 11.0. The van der Waals surface area contributed by atoms with E-state index in [9.17, 15) is 9.59 Å². The van der Waals surface area contributed by atoms with Crippen molar-refractivity contribution in [2.45, 2.75) is 52.5 Å². The summed E-state index contributed by atoms with van der Waals surface area (Å²) in [6.45, 7) is 6.32. The first-order valence-corrected chi connectivity index (χ1v) is 6.00. The van der Waals surface area contributed by atoms with Gasteiger partial charge in [0.1, 0.15) is 0 Å². The quantitative estimate of drug-likeness (QED) is 0.585. The minimum Gasteiger partial charge on any atom is -0.481 e. The molecule has 0 radical (unpaired) electrons. The molecular formula is C12H24N2O3. The van der Waals surface area contributed by atoms with Gasteiger partial charge in [-0.3, -0.25) is 9.59 Å². The van der Waals surface area contributed by atoms with E-state index < -0.39 is 12.0 Å². The number of hydrogen-bond donors (Lipinski definition) is 3. The minimum atomic E-state index is -0.774. The van der Waals surface area contributed by atoms with Gasteiger partial charge in [-0.15, -0.1) is 0 Å². The molecule has 0 heterocycles. The second-order valence-corrected chi connectivity index (χ2v) is 5.34. The molecule has 0 spiro atoms. The number of amides is 1. The Bertz CT molecular complexity index is 259. The van der Waals surface area contributed by atoms with Crippen LogP contribution in [-0.4, -0.2) is 29.6 Å². The van der Waals surface area contributed by atoms with Crippen LogP contribution in [0.3, 0.4) is 0 Å². The maximum absolute atomic E-state index is 11.6. The van der Waals surface area contributed by atoms with Crippen molar-refractivity contribution < 1.29 is 14.7 Å². The second-order valence-electron chi connectivity index (χ2n) is 5.34. The van der Waals surface area contributed by atoms with Crippen molar-refractivity contribution in [3.63, 3.8) is 0 Å². The van der Waals surface area contributed by atoms with Gasteiger partial charge in [-0.2, -0.15) is 0 Å². The maximum Gasteiger partial charge on any atom is 0.303 e. The fraction of sp³-hybridized carbons (Fsp3) is 0.833. The summed E-state index contributed by atoms with van der Waals surface area (Å²) in [6, 6.07) is -0.512. The SMILES string of the molecule is CC(C)(C)[C@H](N)C(=O)NCCCCCC(=O)O. The molecule has 0 saturated heterocycles. The Labute approximate surface area is 103 Å².